The average Bonchev–Trinajstić information content (AvgIpc) is 3.13. The molecule has 1 fully saturated rings. The number of ether oxygens (including phenoxy) is 3. The van der Waals surface area contributed by atoms with E-state index in [9.17, 15) is 9.90 Å². The minimum Gasteiger partial charge on any atom is -0.507 e. The molecule has 7 nitrogen and oxygen atoms in total. The molecule has 0 unspecified atom stereocenters. The first-order valence-corrected chi connectivity index (χ1v) is 12.0. The Balaban J connectivity index is 1.48. The van der Waals surface area contributed by atoms with E-state index in [1.54, 1.807) is 12.1 Å². The summed E-state index contributed by atoms with van der Waals surface area (Å²) in [5, 5.41) is 10.8. The number of hydrogen-bond acceptors (Lipinski definition) is 7. The van der Waals surface area contributed by atoms with E-state index in [2.05, 4.69) is 32.7 Å². The molecule has 0 spiro atoms. The molecular weight excluding hydrogens is 488 g/mol. The molecule has 0 atom stereocenters. The van der Waals surface area contributed by atoms with E-state index in [0.717, 1.165) is 48.3 Å². The molecule has 2 aromatic rings. The van der Waals surface area contributed by atoms with Crippen molar-refractivity contribution in [2.24, 2.45) is 0 Å². The lowest BCUT2D eigenvalue weighted by Crippen LogP contribution is -2.45. The smallest absolute Gasteiger partial charge is 0.232 e. The number of piperazine rings is 1. The Morgan fingerprint density at radius 2 is 1.88 bits per heavy atom. The molecule has 0 bridgehead atoms. The predicted molar refractivity (Wildman–Crippen MR) is 128 cm³/mol. The number of fused-ring (bicyclic) bond motifs is 2. The summed E-state index contributed by atoms with van der Waals surface area (Å²) in [6.07, 6.45) is 1.72. The number of halogens is 1. The fourth-order valence-corrected chi connectivity index (χ4v) is 5.20. The summed E-state index contributed by atoms with van der Waals surface area (Å²) in [5.41, 5.74) is 3.55. The van der Waals surface area contributed by atoms with Gasteiger partial charge in [-0.05, 0) is 43.3 Å². The van der Waals surface area contributed by atoms with Crippen LogP contribution in [0.1, 0.15) is 39.5 Å². The zero-order chi connectivity index (χ0) is 23.1. The van der Waals surface area contributed by atoms with Crippen LogP contribution < -0.4 is 9.47 Å². The molecule has 2 aromatic carbocycles. The number of ketones is 1. The summed E-state index contributed by atoms with van der Waals surface area (Å²) in [4.78, 5) is 18.0. The van der Waals surface area contributed by atoms with Gasteiger partial charge in [0.15, 0.2) is 12.6 Å². The van der Waals surface area contributed by atoms with Crippen LogP contribution in [0.4, 0.5) is 0 Å². The second-order valence-electron chi connectivity index (χ2n) is 8.64. The first-order chi connectivity index (χ1) is 15.9. The molecular formula is C25H27BrN2O5. The van der Waals surface area contributed by atoms with E-state index >= 15 is 0 Å². The van der Waals surface area contributed by atoms with Crippen LogP contribution in [0.3, 0.4) is 0 Å². The lowest BCUT2D eigenvalue weighted by Gasteiger charge is -2.34. The third-order valence-corrected chi connectivity index (χ3v) is 6.96. The number of phenolic OH excluding ortho intramolecular Hbond substituents is 1. The van der Waals surface area contributed by atoms with Crippen molar-refractivity contribution in [2.45, 2.75) is 27.0 Å². The lowest BCUT2D eigenvalue weighted by molar-refractivity contribution is -0.0165. The van der Waals surface area contributed by atoms with Gasteiger partial charge in [0, 0.05) is 48.3 Å². The van der Waals surface area contributed by atoms with Gasteiger partial charge in [-0.25, -0.2) is 0 Å². The predicted octanol–water partition coefficient (Wildman–Crippen LogP) is 4.08. The number of likely N-dealkylation sites (N-methyl/N-ethyl adjacent to an activating group) is 1. The first-order valence-electron chi connectivity index (χ1n) is 11.2. The standard InChI is InChI=1S/C25H27BrN2O5/c1-3-27-4-6-28(7-5-27)12-19-20(29)8-15(2)22-23(30)21(33-25(19)22)11-16-9-18(26)10-17-13-31-14-32-24(16)17/h8-11,29H,3-7,12-14H2,1-2H3/b21-11-. The molecule has 33 heavy (non-hydrogen) atoms. The van der Waals surface area contributed by atoms with Crippen LogP contribution in [0, 0.1) is 6.92 Å². The molecule has 0 radical (unpaired) electrons. The van der Waals surface area contributed by atoms with Gasteiger partial charge in [0.1, 0.15) is 17.2 Å². The van der Waals surface area contributed by atoms with Crippen LogP contribution in [0.2, 0.25) is 0 Å². The fourth-order valence-electron chi connectivity index (χ4n) is 4.68. The zero-order valence-corrected chi connectivity index (χ0v) is 20.4. The number of carbonyl (C=O) groups is 1. The molecule has 174 valence electrons. The maximum Gasteiger partial charge on any atom is 0.232 e. The van der Waals surface area contributed by atoms with E-state index in [-0.39, 0.29) is 24.1 Å². The number of benzene rings is 2. The Bertz CT molecular complexity index is 1140. The van der Waals surface area contributed by atoms with Gasteiger partial charge in [0.2, 0.25) is 5.78 Å². The van der Waals surface area contributed by atoms with E-state index in [1.165, 1.54) is 0 Å². The van der Waals surface area contributed by atoms with Gasteiger partial charge in [-0.2, -0.15) is 0 Å². The highest BCUT2D eigenvalue weighted by molar-refractivity contribution is 9.10. The Morgan fingerprint density at radius 3 is 2.64 bits per heavy atom. The van der Waals surface area contributed by atoms with Crippen molar-refractivity contribution in [3.05, 3.63) is 56.2 Å². The van der Waals surface area contributed by atoms with Crippen LogP contribution in [0.15, 0.2) is 28.4 Å². The number of allylic oxidation sites excluding steroid dienone is 1. The van der Waals surface area contributed by atoms with Crippen molar-refractivity contribution < 1.29 is 24.1 Å². The van der Waals surface area contributed by atoms with Gasteiger partial charge in [0.25, 0.3) is 0 Å². The third kappa shape index (κ3) is 4.28. The Labute approximate surface area is 201 Å². The van der Waals surface area contributed by atoms with Gasteiger partial charge >= 0.3 is 0 Å². The largest absolute Gasteiger partial charge is 0.507 e. The molecule has 0 amide bonds. The number of hydrogen-bond donors (Lipinski definition) is 1. The van der Waals surface area contributed by atoms with Crippen molar-refractivity contribution in [3.63, 3.8) is 0 Å². The van der Waals surface area contributed by atoms with E-state index in [1.807, 2.05) is 19.1 Å². The molecule has 3 heterocycles. The van der Waals surface area contributed by atoms with Crippen molar-refractivity contribution in [1.82, 2.24) is 9.80 Å². The number of carbonyl (C=O) groups excluding carboxylic acids is 1. The SMILES string of the molecule is CCN1CCN(Cc2c(O)cc(C)c3c2O/C(=C\c2cc(Br)cc4c2OCOC4)C3=O)CC1. The Morgan fingerprint density at radius 1 is 1.12 bits per heavy atom. The number of aryl methyl sites for hydroxylation is 1. The highest BCUT2D eigenvalue weighted by Crippen LogP contribution is 2.43. The number of aromatic hydroxyl groups is 1. The molecule has 0 saturated carbocycles. The summed E-state index contributed by atoms with van der Waals surface area (Å²) in [6, 6.07) is 5.51. The molecule has 3 aliphatic heterocycles. The van der Waals surface area contributed by atoms with Crippen LogP contribution in [-0.4, -0.2) is 60.2 Å². The van der Waals surface area contributed by atoms with E-state index in [4.69, 9.17) is 14.2 Å². The second kappa shape index (κ2) is 9.10. The summed E-state index contributed by atoms with van der Waals surface area (Å²) in [7, 11) is 0. The fraction of sp³-hybridized carbons (Fsp3) is 0.400. The maximum absolute atomic E-state index is 13.3. The van der Waals surface area contributed by atoms with Crippen LogP contribution in [-0.2, 0) is 17.9 Å². The van der Waals surface area contributed by atoms with Crippen molar-refractivity contribution in [1.29, 1.82) is 0 Å². The quantitative estimate of drug-likeness (QED) is 0.616. The molecule has 8 heteroatoms. The van der Waals surface area contributed by atoms with Crippen LogP contribution in [0.25, 0.3) is 6.08 Å². The summed E-state index contributed by atoms with van der Waals surface area (Å²) >= 11 is 3.52. The topological polar surface area (TPSA) is 71.5 Å². The number of phenols is 1. The first kappa shape index (κ1) is 22.4. The average molecular weight is 515 g/mol. The molecule has 5 rings (SSSR count). The molecule has 0 aromatic heterocycles. The minimum absolute atomic E-state index is 0.165. The van der Waals surface area contributed by atoms with Crippen molar-refractivity contribution >= 4 is 27.8 Å². The summed E-state index contributed by atoms with van der Waals surface area (Å²) in [5.74, 6) is 1.37. The highest BCUT2D eigenvalue weighted by atomic mass is 79.9. The van der Waals surface area contributed by atoms with Gasteiger partial charge in [-0.15, -0.1) is 0 Å². The second-order valence-corrected chi connectivity index (χ2v) is 9.56. The van der Waals surface area contributed by atoms with E-state index in [0.29, 0.717) is 41.3 Å². The van der Waals surface area contributed by atoms with Crippen LogP contribution >= 0.6 is 15.9 Å². The third-order valence-electron chi connectivity index (χ3n) is 6.50. The van der Waals surface area contributed by atoms with Gasteiger partial charge in [-0.1, -0.05) is 22.9 Å². The van der Waals surface area contributed by atoms with Crippen molar-refractivity contribution in [2.75, 3.05) is 39.5 Å². The lowest BCUT2D eigenvalue weighted by atomic mass is 9.98. The molecule has 0 aliphatic carbocycles. The summed E-state index contributed by atoms with van der Waals surface area (Å²) in [6.45, 7) is 10.0. The van der Waals surface area contributed by atoms with Crippen molar-refractivity contribution in [3.8, 4) is 17.2 Å². The summed E-state index contributed by atoms with van der Waals surface area (Å²) < 4.78 is 18.1. The molecule has 3 aliphatic rings. The van der Waals surface area contributed by atoms with Gasteiger partial charge < -0.3 is 24.2 Å². The normalized spacial score (nSPS) is 19.8. The van der Waals surface area contributed by atoms with Gasteiger partial charge in [0.05, 0.1) is 17.7 Å². The monoisotopic (exact) mass is 514 g/mol. The highest BCUT2D eigenvalue weighted by Gasteiger charge is 2.34. The van der Waals surface area contributed by atoms with Gasteiger partial charge in [-0.3, -0.25) is 9.69 Å². The van der Waals surface area contributed by atoms with Crippen LogP contribution in [0.5, 0.6) is 17.2 Å². The molecule has 1 saturated heterocycles. The Hall–Kier alpha value is -2.39. The number of rotatable bonds is 4. The number of Topliss-reactive ketones (excluding diaryl/α,β-unsaturated/α-hetero) is 1. The number of nitrogens with zero attached hydrogens (tertiary/aromatic N) is 2. The van der Waals surface area contributed by atoms with E-state index < -0.39 is 0 Å². The zero-order valence-electron chi connectivity index (χ0n) is 18.8. The maximum atomic E-state index is 13.3. The molecule has 1 N–H and O–H groups in total. The minimum atomic E-state index is -0.180. The Kier molecular flexibility index (Phi) is 6.18.